The zero-order valence-electron chi connectivity index (χ0n) is 10.8. The van der Waals surface area contributed by atoms with Crippen LogP contribution in [0.5, 0.6) is 0 Å². The maximum atomic E-state index is 13.2. The third-order valence-corrected chi connectivity index (χ3v) is 2.67. The Bertz CT molecular complexity index is 614. The smallest absolute Gasteiger partial charge is 0.282 e. The molecule has 0 atom stereocenters. The van der Waals surface area contributed by atoms with Crippen LogP contribution < -0.4 is 5.32 Å². The molecular weight excluding hydrogens is 267 g/mol. The van der Waals surface area contributed by atoms with Gasteiger partial charge in [-0.15, -0.1) is 10.2 Å². The van der Waals surface area contributed by atoms with Crippen LogP contribution in [0.15, 0.2) is 22.6 Å². The normalized spacial score (nSPS) is 10.7. The molecule has 0 amide bonds. The number of aryl methyl sites for hydroxylation is 1. The average molecular weight is 280 g/mol. The summed E-state index contributed by atoms with van der Waals surface area (Å²) in [6.45, 7) is 0.790. The number of halogens is 1. The topological polar surface area (TPSA) is 94.1 Å². The number of nitro benzene ring substituents is 1. The van der Waals surface area contributed by atoms with E-state index in [1.807, 2.05) is 7.05 Å². The van der Waals surface area contributed by atoms with Gasteiger partial charge in [-0.1, -0.05) is 0 Å². The Hall–Kier alpha value is -2.35. The summed E-state index contributed by atoms with van der Waals surface area (Å²) in [5, 5.41) is 21.4. The molecule has 0 saturated carbocycles. The molecule has 0 aliphatic heterocycles. The lowest BCUT2D eigenvalue weighted by Crippen LogP contribution is -2.08. The third-order valence-electron chi connectivity index (χ3n) is 2.67. The molecule has 1 aromatic carbocycles. The highest BCUT2D eigenvalue weighted by atomic mass is 19.1. The van der Waals surface area contributed by atoms with Gasteiger partial charge in [0.15, 0.2) is 0 Å². The van der Waals surface area contributed by atoms with Crippen LogP contribution >= 0.6 is 0 Å². The van der Waals surface area contributed by atoms with Crippen molar-refractivity contribution in [1.29, 1.82) is 0 Å². The fourth-order valence-corrected chi connectivity index (χ4v) is 1.72. The Morgan fingerprint density at radius 3 is 2.95 bits per heavy atom. The molecule has 0 aliphatic rings. The van der Waals surface area contributed by atoms with E-state index in [9.17, 15) is 14.5 Å². The van der Waals surface area contributed by atoms with Crippen molar-refractivity contribution < 1.29 is 13.7 Å². The van der Waals surface area contributed by atoms with Crippen molar-refractivity contribution in [2.45, 2.75) is 12.8 Å². The summed E-state index contributed by atoms with van der Waals surface area (Å²) in [6.07, 6.45) is 1.35. The van der Waals surface area contributed by atoms with Crippen molar-refractivity contribution in [3.63, 3.8) is 0 Å². The molecule has 8 heteroatoms. The van der Waals surface area contributed by atoms with Crippen LogP contribution in [0.25, 0.3) is 11.5 Å². The highest BCUT2D eigenvalue weighted by molar-refractivity contribution is 5.66. The van der Waals surface area contributed by atoms with Crippen molar-refractivity contribution in [3.8, 4) is 11.5 Å². The van der Waals surface area contributed by atoms with Gasteiger partial charge in [-0.2, -0.15) is 0 Å². The Kier molecular flexibility index (Phi) is 4.36. The zero-order valence-corrected chi connectivity index (χ0v) is 10.8. The molecule has 2 aromatic rings. The first-order chi connectivity index (χ1) is 9.61. The van der Waals surface area contributed by atoms with Crippen molar-refractivity contribution >= 4 is 5.69 Å². The van der Waals surface area contributed by atoms with Gasteiger partial charge in [0.05, 0.1) is 4.92 Å². The molecule has 1 N–H and O–H groups in total. The minimum absolute atomic E-state index is 0.0117. The number of nitrogens with zero attached hydrogens (tertiary/aromatic N) is 3. The van der Waals surface area contributed by atoms with Gasteiger partial charge in [0.25, 0.3) is 11.6 Å². The van der Waals surface area contributed by atoms with Gasteiger partial charge in [-0.3, -0.25) is 10.1 Å². The summed E-state index contributed by atoms with van der Waals surface area (Å²) >= 11 is 0. The van der Waals surface area contributed by atoms with Gasteiger partial charge in [0, 0.05) is 12.5 Å². The highest BCUT2D eigenvalue weighted by Gasteiger charge is 2.21. The summed E-state index contributed by atoms with van der Waals surface area (Å²) in [6, 6.07) is 3.12. The first-order valence-corrected chi connectivity index (χ1v) is 6.03. The van der Waals surface area contributed by atoms with Crippen molar-refractivity contribution in [3.05, 3.63) is 40.0 Å². The van der Waals surface area contributed by atoms with E-state index in [4.69, 9.17) is 4.42 Å². The molecule has 0 radical (unpaired) electrons. The van der Waals surface area contributed by atoms with Gasteiger partial charge in [-0.05, 0) is 32.1 Å². The van der Waals surface area contributed by atoms with Crippen LogP contribution in [-0.2, 0) is 6.42 Å². The van der Waals surface area contributed by atoms with Crippen molar-refractivity contribution in [1.82, 2.24) is 15.5 Å². The lowest BCUT2D eigenvalue weighted by molar-refractivity contribution is -0.384. The Balaban J connectivity index is 2.27. The van der Waals surface area contributed by atoms with E-state index in [1.54, 1.807) is 0 Å². The highest BCUT2D eigenvalue weighted by Crippen LogP contribution is 2.29. The number of nitrogens with one attached hydrogen (secondary N) is 1. The fraction of sp³-hybridized carbons (Fsp3) is 0.333. The van der Waals surface area contributed by atoms with Crippen LogP contribution in [0.2, 0.25) is 0 Å². The summed E-state index contributed by atoms with van der Waals surface area (Å²) in [5.41, 5.74) is -0.279. The molecule has 106 valence electrons. The van der Waals surface area contributed by atoms with E-state index in [1.165, 1.54) is 0 Å². The van der Waals surface area contributed by atoms with Crippen LogP contribution in [0.3, 0.4) is 0 Å². The molecule has 0 spiro atoms. The molecule has 0 fully saturated rings. The van der Waals surface area contributed by atoms with Gasteiger partial charge >= 0.3 is 0 Å². The number of aromatic nitrogens is 2. The van der Waals surface area contributed by atoms with E-state index in [0.717, 1.165) is 31.2 Å². The monoisotopic (exact) mass is 280 g/mol. The molecule has 7 nitrogen and oxygen atoms in total. The molecule has 0 bridgehead atoms. The number of benzene rings is 1. The molecule has 1 aromatic heterocycles. The van der Waals surface area contributed by atoms with Gasteiger partial charge in [-0.25, -0.2) is 4.39 Å². The molecular formula is C12H13FN4O3. The minimum atomic E-state index is -0.611. The summed E-state index contributed by atoms with van der Waals surface area (Å²) in [7, 11) is 1.83. The van der Waals surface area contributed by atoms with E-state index < -0.39 is 10.7 Å². The SMILES string of the molecule is CNCCCc1nnc(-c2cc(F)ccc2[N+](=O)[O-])o1. The maximum absolute atomic E-state index is 13.2. The quantitative estimate of drug-likeness (QED) is 0.493. The number of hydrogen-bond acceptors (Lipinski definition) is 6. The van der Waals surface area contributed by atoms with Crippen LogP contribution in [0.1, 0.15) is 12.3 Å². The van der Waals surface area contributed by atoms with E-state index >= 15 is 0 Å². The summed E-state index contributed by atoms with van der Waals surface area (Å²) in [5.74, 6) is -0.273. The first-order valence-electron chi connectivity index (χ1n) is 6.03. The van der Waals surface area contributed by atoms with Crippen LogP contribution in [-0.4, -0.2) is 28.7 Å². The average Bonchev–Trinajstić information content (AvgIpc) is 2.87. The largest absolute Gasteiger partial charge is 0.420 e. The lowest BCUT2D eigenvalue weighted by atomic mass is 10.2. The first kappa shape index (κ1) is 14.1. The van der Waals surface area contributed by atoms with Gasteiger partial charge < -0.3 is 9.73 Å². The Morgan fingerprint density at radius 1 is 1.45 bits per heavy atom. The molecule has 20 heavy (non-hydrogen) atoms. The zero-order chi connectivity index (χ0) is 14.5. The van der Waals surface area contributed by atoms with E-state index in [0.29, 0.717) is 12.3 Å². The molecule has 0 aliphatic carbocycles. The van der Waals surface area contributed by atoms with Crippen LogP contribution in [0, 0.1) is 15.9 Å². The second-order valence-corrected chi connectivity index (χ2v) is 4.13. The van der Waals surface area contributed by atoms with Gasteiger partial charge in [0.2, 0.25) is 5.89 Å². The predicted molar refractivity (Wildman–Crippen MR) is 68.6 cm³/mol. The fourth-order valence-electron chi connectivity index (χ4n) is 1.72. The second-order valence-electron chi connectivity index (χ2n) is 4.13. The molecule has 1 heterocycles. The minimum Gasteiger partial charge on any atom is -0.420 e. The predicted octanol–water partition coefficient (Wildman–Crippen LogP) is 1.94. The number of hydrogen-bond donors (Lipinski definition) is 1. The van der Waals surface area contributed by atoms with E-state index in [-0.39, 0.29) is 17.1 Å². The van der Waals surface area contributed by atoms with Crippen LogP contribution in [0.4, 0.5) is 10.1 Å². The van der Waals surface area contributed by atoms with Crippen molar-refractivity contribution in [2.24, 2.45) is 0 Å². The van der Waals surface area contributed by atoms with Crippen molar-refractivity contribution in [2.75, 3.05) is 13.6 Å². The molecule has 0 saturated heterocycles. The number of nitro groups is 1. The summed E-state index contributed by atoms with van der Waals surface area (Å²) in [4.78, 5) is 10.3. The Morgan fingerprint density at radius 2 is 2.25 bits per heavy atom. The standard InChI is InChI=1S/C12H13FN4O3/c1-14-6-2-3-11-15-16-12(20-11)9-7-8(13)4-5-10(9)17(18)19/h4-5,7,14H,2-3,6H2,1H3. The number of rotatable bonds is 6. The lowest BCUT2D eigenvalue weighted by Gasteiger charge is -1.98. The Labute approximate surface area is 114 Å². The third kappa shape index (κ3) is 3.15. The molecule has 2 rings (SSSR count). The molecule has 0 unspecified atom stereocenters. The van der Waals surface area contributed by atoms with E-state index in [2.05, 4.69) is 15.5 Å². The van der Waals surface area contributed by atoms with Gasteiger partial charge in [0.1, 0.15) is 11.4 Å². The maximum Gasteiger partial charge on any atom is 0.282 e. The second kappa shape index (κ2) is 6.20. The summed E-state index contributed by atoms with van der Waals surface area (Å²) < 4.78 is 18.6.